The summed E-state index contributed by atoms with van der Waals surface area (Å²) in [6.07, 6.45) is 1.34. The van der Waals surface area contributed by atoms with Crippen molar-refractivity contribution in [3.05, 3.63) is 29.8 Å². The number of likely N-dealkylation sites (tertiary alicyclic amines) is 1. The predicted molar refractivity (Wildman–Crippen MR) is 80.8 cm³/mol. The Kier molecular flexibility index (Phi) is 3.63. The van der Waals surface area contributed by atoms with Crippen LogP contribution in [0.1, 0.15) is 18.4 Å². The Labute approximate surface area is 128 Å². The van der Waals surface area contributed by atoms with E-state index in [-0.39, 0.29) is 28.6 Å². The van der Waals surface area contributed by atoms with Crippen LogP contribution in [0.4, 0.5) is 0 Å². The monoisotopic (exact) mass is 304 g/mol. The van der Waals surface area contributed by atoms with Crippen molar-refractivity contribution in [2.24, 2.45) is 17.6 Å². The van der Waals surface area contributed by atoms with E-state index in [1.54, 1.807) is 12.1 Å². The van der Waals surface area contributed by atoms with E-state index < -0.39 is 0 Å². The maximum absolute atomic E-state index is 11.8. The van der Waals surface area contributed by atoms with Crippen molar-refractivity contribution in [3.63, 3.8) is 0 Å². The molecule has 1 aromatic carbocycles. The molecule has 2 amide bonds. The van der Waals surface area contributed by atoms with E-state index in [4.69, 9.17) is 22.7 Å². The minimum Gasteiger partial charge on any atom is -0.493 e. The molecule has 0 aromatic heterocycles. The van der Waals surface area contributed by atoms with Crippen LogP contribution in [0.5, 0.6) is 5.75 Å². The number of ether oxygens (including phenoxy) is 1. The third-order valence-corrected chi connectivity index (χ3v) is 4.11. The number of imide groups is 1. The number of nitrogens with two attached hydrogens (primary N) is 1. The lowest BCUT2D eigenvalue weighted by molar-refractivity contribution is -0.141. The summed E-state index contributed by atoms with van der Waals surface area (Å²) >= 11 is 4.96. The van der Waals surface area contributed by atoms with Crippen LogP contribution in [0.15, 0.2) is 24.3 Å². The van der Waals surface area contributed by atoms with Crippen LogP contribution in [-0.4, -0.2) is 34.9 Å². The van der Waals surface area contributed by atoms with E-state index in [9.17, 15) is 9.59 Å². The molecular formula is C15H16N2O3S. The van der Waals surface area contributed by atoms with Crippen LogP contribution in [0.25, 0.3) is 0 Å². The first kappa shape index (κ1) is 14.0. The van der Waals surface area contributed by atoms with Crippen molar-refractivity contribution >= 4 is 29.0 Å². The van der Waals surface area contributed by atoms with E-state index in [2.05, 4.69) is 0 Å². The molecule has 3 rings (SSSR count). The average molecular weight is 304 g/mol. The van der Waals surface area contributed by atoms with E-state index in [0.29, 0.717) is 30.9 Å². The summed E-state index contributed by atoms with van der Waals surface area (Å²) in [5, 5.41) is 0. The van der Waals surface area contributed by atoms with Gasteiger partial charge in [-0.05, 0) is 25.0 Å². The summed E-state index contributed by atoms with van der Waals surface area (Å²) in [7, 11) is 0. The number of nitrogens with zero attached hydrogens (tertiary/aromatic N) is 1. The molecule has 21 heavy (non-hydrogen) atoms. The van der Waals surface area contributed by atoms with Gasteiger partial charge in [-0.3, -0.25) is 14.5 Å². The molecule has 1 saturated carbocycles. The molecule has 0 spiro atoms. The van der Waals surface area contributed by atoms with Gasteiger partial charge in [-0.15, -0.1) is 0 Å². The first-order valence-corrected chi connectivity index (χ1v) is 7.37. The number of carbonyl (C=O) groups is 2. The average Bonchev–Trinajstić information content (AvgIpc) is 3.22. The van der Waals surface area contributed by atoms with Crippen molar-refractivity contribution in [2.75, 3.05) is 13.2 Å². The normalized spacial score (nSPS) is 23.1. The standard InChI is InChI=1S/C15H16N2O3S/c16-13(21)9-4-1-2-5-12(9)20-7-3-6-17-14(18)10-8-11(10)15(17)19/h1-2,4-5,10-11H,3,6-8H2,(H2,16,21). The molecule has 0 bridgehead atoms. The van der Waals surface area contributed by atoms with Crippen LogP contribution >= 0.6 is 12.2 Å². The summed E-state index contributed by atoms with van der Waals surface area (Å²) in [5.41, 5.74) is 6.33. The highest BCUT2D eigenvalue weighted by Crippen LogP contribution is 2.46. The molecule has 110 valence electrons. The maximum Gasteiger partial charge on any atom is 0.233 e. The number of benzene rings is 1. The molecular weight excluding hydrogens is 288 g/mol. The fourth-order valence-electron chi connectivity index (χ4n) is 2.67. The summed E-state index contributed by atoms with van der Waals surface area (Å²) < 4.78 is 5.65. The number of hydrogen-bond acceptors (Lipinski definition) is 4. The quantitative estimate of drug-likeness (QED) is 0.484. The van der Waals surface area contributed by atoms with Gasteiger partial charge in [0.15, 0.2) is 0 Å². The van der Waals surface area contributed by atoms with Gasteiger partial charge in [-0.25, -0.2) is 0 Å². The predicted octanol–water partition coefficient (Wildman–Crippen LogP) is 1.09. The largest absolute Gasteiger partial charge is 0.493 e. The maximum atomic E-state index is 11.8. The molecule has 2 fully saturated rings. The van der Waals surface area contributed by atoms with Gasteiger partial charge in [0.05, 0.1) is 24.0 Å². The second-order valence-corrected chi connectivity index (χ2v) is 5.78. The highest BCUT2D eigenvalue weighted by molar-refractivity contribution is 7.80. The third kappa shape index (κ3) is 2.63. The molecule has 1 aromatic rings. The van der Waals surface area contributed by atoms with Crippen molar-refractivity contribution in [1.29, 1.82) is 0 Å². The van der Waals surface area contributed by atoms with Gasteiger partial charge in [0.2, 0.25) is 11.8 Å². The summed E-state index contributed by atoms with van der Waals surface area (Å²) in [4.78, 5) is 25.2. The molecule has 1 heterocycles. The summed E-state index contributed by atoms with van der Waals surface area (Å²) in [5.74, 6) is 0.525. The Hall–Kier alpha value is -1.95. The van der Waals surface area contributed by atoms with E-state index >= 15 is 0 Å². The lowest BCUT2D eigenvalue weighted by Gasteiger charge is -2.16. The number of para-hydroxylation sites is 1. The Morgan fingerprint density at radius 2 is 1.95 bits per heavy atom. The lowest BCUT2D eigenvalue weighted by atomic mass is 10.2. The third-order valence-electron chi connectivity index (χ3n) is 3.89. The zero-order valence-corrected chi connectivity index (χ0v) is 12.3. The fraction of sp³-hybridized carbons (Fsp3) is 0.400. The molecule has 2 aliphatic rings. The molecule has 1 aliphatic heterocycles. The van der Waals surface area contributed by atoms with Crippen LogP contribution in [-0.2, 0) is 9.59 Å². The molecule has 1 aliphatic carbocycles. The second kappa shape index (κ2) is 5.44. The van der Waals surface area contributed by atoms with Crippen molar-refractivity contribution < 1.29 is 14.3 Å². The molecule has 6 heteroatoms. The minimum absolute atomic E-state index is 0.0199. The SMILES string of the molecule is NC(=S)c1ccccc1OCCCN1C(=O)C2CC2C1=O. The van der Waals surface area contributed by atoms with Crippen LogP contribution < -0.4 is 10.5 Å². The molecule has 1 saturated heterocycles. The summed E-state index contributed by atoms with van der Waals surface area (Å²) in [6, 6.07) is 7.29. The molecule has 0 radical (unpaired) electrons. The van der Waals surface area contributed by atoms with E-state index in [1.807, 2.05) is 12.1 Å². The van der Waals surface area contributed by atoms with Gasteiger partial charge in [-0.2, -0.15) is 0 Å². The number of thiocarbonyl (C=S) groups is 1. The molecule has 5 nitrogen and oxygen atoms in total. The van der Waals surface area contributed by atoms with E-state index in [0.717, 1.165) is 6.42 Å². The molecule has 2 atom stereocenters. The Bertz CT molecular complexity index is 597. The van der Waals surface area contributed by atoms with Gasteiger partial charge in [0.1, 0.15) is 10.7 Å². The van der Waals surface area contributed by atoms with Gasteiger partial charge in [0, 0.05) is 6.54 Å². The first-order chi connectivity index (χ1) is 10.1. The van der Waals surface area contributed by atoms with E-state index in [1.165, 1.54) is 4.90 Å². The second-order valence-electron chi connectivity index (χ2n) is 5.34. The Balaban J connectivity index is 1.50. The van der Waals surface area contributed by atoms with Gasteiger partial charge >= 0.3 is 0 Å². The van der Waals surface area contributed by atoms with Crippen LogP contribution in [0.3, 0.4) is 0 Å². The number of rotatable bonds is 6. The van der Waals surface area contributed by atoms with Crippen molar-refractivity contribution in [3.8, 4) is 5.75 Å². The number of carbonyl (C=O) groups excluding carboxylic acids is 2. The molecule has 2 N–H and O–H groups in total. The molecule has 2 unspecified atom stereocenters. The summed E-state index contributed by atoms with van der Waals surface area (Å²) in [6.45, 7) is 0.825. The zero-order valence-electron chi connectivity index (χ0n) is 11.5. The van der Waals surface area contributed by atoms with Crippen molar-refractivity contribution in [1.82, 2.24) is 4.90 Å². The first-order valence-electron chi connectivity index (χ1n) is 6.96. The number of piperidine rings is 1. The number of fused-ring (bicyclic) bond motifs is 1. The van der Waals surface area contributed by atoms with Gasteiger partial charge < -0.3 is 10.5 Å². The van der Waals surface area contributed by atoms with Crippen molar-refractivity contribution in [2.45, 2.75) is 12.8 Å². The smallest absolute Gasteiger partial charge is 0.233 e. The van der Waals surface area contributed by atoms with Gasteiger partial charge in [-0.1, -0.05) is 24.4 Å². The zero-order chi connectivity index (χ0) is 15.0. The number of amides is 2. The van der Waals surface area contributed by atoms with Crippen LogP contribution in [0.2, 0.25) is 0 Å². The number of hydrogen-bond donors (Lipinski definition) is 1. The highest BCUT2D eigenvalue weighted by atomic mass is 32.1. The topological polar surface area (TPSA) is 72.6 Å². The minimum atomic E-state index is -0.0336. The Morgan fingerprint density at radius 3 is 2.62 bits per heavy atom. The highest BCUT2D eigenvalue weighted by Gasteiger charge is 2.58. The lowest BCUT2D eigenvalue weighted by Crippen LogP contribution is -2.34. The van der Waals surface area contributed by atoms with Gasteiger partial charge in [0.25, 0.3) is 0 Å². The fourth-order valence-corrected chi connectivity index (χ4v) is 2.84. The van der Waals surface area contributed by atoms with Crippen LogP contribution in [0, 0.1) is 11.8 Å². The Morgan fingerprint density at radius 1 is 1.29 bits per heavy atom.